The van der Waals surface area contributed by atoms with E-state index in [4.69, 9.17) is 4.74 Å². The van der Waals surface area contributed by atoms with Crippen molar-refractivity contribution in [3.63, 3.8) is 0 Å². The first-order valence-electron chi connectivity index (χ1n) is 6.35. The van der Waals surface area contributed by atoms with Gasteiger partial charge in [0.25, 0.3) is 0 Å². The number of aryl methyl sites for hydroxylation is 1. The number of carbonyl (C=O) groups is 1. The van der Waals surface area contributed by atoms with Crippen molar-refractivity contribution in [2.24, 2.45) is 7.05 Å². The van der Waals surface area contributed by atoms with Gasteiger partial charge in [-0.25, -0.2) is 9.78 Å². The monoisotopic (exact) mass is 275 g/mol. The zero-order valence-electron chi connectivity index (χ0n) is 11.7. The molecule has 2 heterocycles. The molecule has 106 valence electrons. The van der Waals surface area contributed by atoms with Gasteiger partial charge >= 0.3 is 5.97 Å². The molecule has 7 heteroatoms. The van der Waals surface area contributed by atoms with Crippen molar-refractivity contribution in [1.82, 2.24) is 19.7 Å². The number of hydrogen-bond donors (Lipinski definition) is 1. The van der Waals surface area contributed by atoms with Crippen LogP contribution in [0.15, 0.2) is 24.7 Å². The maximum absolute atomic E-state index is 11.5. The van der Waals surface area contributed by atoms with Gasteiger partial charge in [0.05, 0.1) is 18.2 Å². The summed E-state index contributed by atoms with van der Waals surface area (Å²) in [5.74, 6) is 1.10. The number of ether oxygens (including phenoxy) is 1. The molecule has 0 amide bonds. The van der Waals surface area contributed by atoms with Crippen LogP contribution < -0.4 is 5.32 Å². The molecule has 1 unspecified atom stereocenters. The number of hydrogen-bond acceptors (Lipinski definition) is 6. The molecule has 2 aromatic heterocycles. The Morgan fingerprint density at radius 2 is 2.30 bits per heavy atom. The molecular formula is C13H17N5O2. The average molecular weight is 275 g/mol. The minimum absolute atomic E-state index is 0.0385. The van der Waals surface area contributed by atoms with Gasteiger partial charge < -0.3 is 14.6 Å². The van der Waals surface area contributed by atoms with E-state index in [0.717, 1.165) is 5.82 Å². The van der Waals surface area contributed by atoms with Gasteiger partial charge in [-0.3, -0.25) is 0 Å². The number of esters is 1. The molecule has 1 atom stereocenters. The quantitative estimate of drug-likeness (QED) is 0.834. The molecule has 0 aliphatic carbocycles. The largest absolute Gasteiger partial charge is 0.462 e. The first-order chi connectivity index (χ1) is 9.61. The topological polar surface area (TPSA) is 81.9 Å². The molecule has 0 aliphatic rings. The molecule has 0 spiro atoms. The van der Waals surface area contributed by atoms with Crippen LogP contribution in [0.3, 0.4) is 0 Å². The highest BCUT2D eigenvalue weighted by Gasteiger charge is 2.12. The van der Waals surface area contributed by atoms with Crippen molar-refractivity contribution >= 4 is 11.8 Å². The number of pyridine rings is 1. The van der Waals surface area contributed by atoms with Crippen molar-refractivity contribution < 1.29 is 9.53 Å². The normalized spacial score (nSPS) is 11.9. The van der Waals surface area contributed by atoms with Crippen LogP contribution in [0, 0.1) is 0 Å². The van der Waals surface area contributed by atoms with Crippen molar-refractivity contribution in [3.05, 3.63) is 36.0 Å². The molecule has 1 N–H and O–H groups in total. The van der Waals surface area contributed by atoms with Gasteiger partial charge in [-0.2, -0.15) is 0 Å². The summed E-state index contributed by atoms with van der Waals surface area (Å²) < 4.78 is 6.74. The first-order valence-corrected chi connectivity index (χ1v) is 6.35. The Bertz CT molecular complexity index is 579. The molecule has 0 aromatic carbocycles. The number of nitrogens with one attached hydrogen (secondary N) is 1. The summed E-state index contributed by atoms with van der Waals surface area (Å²) in [7, 11) is 1.88. The van der Waals surface area contributed by atoms with Gasteiger partial charge in [-0.1, -0.05) is 0 Å². The molecular weight excluding hydrogens is 258 g/mol. The molecule has 0 bridgehead atoms. The highest BCUT2D eigenvalue weighted by molar-refractivity contribution is 5.89. The number of carbonyl (C=O) groups excluding carboxylic acids is 1. The summed E-state index contributed by atoms with van der Waals surface area (Å²) >= 11 is 0. The van der Waals surface area contributed by atoms with E-state index in [9.17, 15) is 4.79 Å². The fourth-order valence-corrected chi connectivity index (χ4v) is 1.78. The van der Waals surface area contributed by atoms with Crippen molar-refractivity contribution in [2.45, 2.75) is 19.9 Å². The second kappa shape index (κ2) is 6.14. The predicted octanol–water partition coefficient (Wildman–Crippen LogP) is 1.56. The van der Waals surface area contributed by atoms with Crippen molar-refractivity contribution in [2.75, 3.05) is 11.9 Å². The van der Waals surface area contributed by atoms with Crippen LogP contribution in [0.1, 0.15) is 36.1 Å². The highest BCUT2D eigenvalue weighted by atomic mass is 16.5. The minimum Gasteiger partial charge on any atom is -0.462 e. The number of aromatic nitrogens is 4. The fraction of sp³-hybridized carbons (Fsp3) is 0.385. The molecule has 7 nitrogen and oxygen atoms in total. The molecule has 0 saturated carbocycles. The second-order valence-electron chi connectivity index (χ2n) is 4.32. The summed E-state index contributed by atoms with van der Waals surface area (Å²) in [5.41, 5.74) is 0.434. The fourth-order valence-electron chi connectivity index (χ4n) is 1.78. The average Bonchev–Trinajstić information content (AvgIpc) is 2.86. The van der Waals surface area contributed by atoms with E-state index in [1.54, 1.807) is 25.4 Å². The van der Waals surface area contributed by atoms with Crippen LogP contribution >= 0.6 is 0 Å². The SMILES string of the molecule is CCOC(=O)c1ccc(NC(C)c2nncn2C)nc1. The third-order valence-corrected chi connectivity index (χ3v) is 2.77. The summed E-state index contributed by atoms with van der Waals surface area (Å²) in [5, 5.41) is 11.1. The van der Waals surface area contributed by atoms with Crippen LogP contribution in [-0.2, 0) is 11.8 Å². The Morgan fingerprint density at radius 1 is 1.50 bits per heavy atom. The number of anilines is 1. The molecule has 0 aliphatic heterocycles. The molecule has 2 aromatic rings. The Hall–Kier alpha value is -2.44. The molecule has 0 fully saturated rings. The summed E-state index contributed by atoms with van der Waals surface area (Å²) in [6, 6.07) is 3.37. The van der Waals surface area contributed by atoms with Crippen molar-refractivity contribution in [1.29, 1.82) is 0 Å². The summed E-state index contributed by atoms with van der Waals surface area (Å²) in [4.78, 5) is 15.7. The zero-order chi connectivity index (χ0) is 14.5. The number of rotatable bonds is 5. The van der Waals surface area contributed by atoms with E-state index in [1.807, 2.05) is 18.5 Å². The molecule has 20 heavy (non-hydrogen) atoms. The smallest absolute Gasteiger partial charge is 0.339 e. The third kappa shape index (κ3) is 3.11. The molecule has 2 rings (SSSR count). The van der Waals surface area contributed by atoms with Crippen LogP contribution in [0.2, 0.25) is 0 Å². The summed E-state index contributed by atoms with van der Waals surface area (Å²) in [6.07, 6.45) is 3.13. The Balaban J connectivity index is 2.04. The minimum atomic E-state index is -0.368. The lowest BCUT2D eigenvalue weighted by molar-refractivity contribution is 0.0526. The predicted molar refractivity (Wildman–Crippen MR) is 73.2 cm³/mol. The van der Waals surface area contributed by atoms with Crippen LogP contribution in [0.5, 0.6) is 0 Å². The van der Waals surface area contributed by atoms with E-state index >= 15 is 0 Å². The van der Waals surface area contributed by atoms with Gasteiger partial charge in [-0.05, 0) is 26.0 Å². The van der Waals surface area contributed by atoms with Crippen LogP contribution in [0.4, 0.5) is 5.82 Å². The lowest BCUT2D eigenvalue weighted by Gasteiger charge is -2.13. The van der Waals surface area contributed by atoms with E-state index in [-0.39, 0.29) is 12.0 Å². The maximum atomic E-state index is 11.5. The van der Waals surface area contributed by atoms with E-state index in [2.05, 4.69) is 20.5 Å². The van der Waals surface area contributed by atoms with Crippen LogP contribution in [0.25, 0.3) is 0 Å². The van der Waals surface area contributed by atoms with Crippen LogP contribution in [-0.4, -0.2) is 32.3 Å². The van der Waals surface area contributed by atoms with E-state index in [1.165, 1.54) is 6.20 Å². The Morgan fingerprint density at radius 3 is 2.85 bits per heavy atom. The second-order valence-corrected chi connectivity index (χ2v) is 4.32. The standard InChI is InChI=1S/C13H17N5O2/c1-4-20-13(19)10-5-6-11(14-7-10)16-9(2)12-17-15-8-18(12)3/h5-9H,4H2,1-3H3,(H,14,16). The Kier molecular flexibility index (Phi) is 4.29. The molecule has 0 radical (unpaired) electrons. The zero-order valence-corrected chi connectivity index (χ0v) is 11.7. The van der Waals surface area contributed by atoms with Gasteiger partial charge in [0.2, 0.25) is 0 Å². The van der Waals surface area contributed by atoms with Gasteiger partial charge in [-0.15, -0.1) is 10.2 Å². The van der Waals surface area contributed by atoms with E-state index in [0.29, 0.717) is 18.0 Å². The van der Waals surface area contributed by atoms with Gasteiger partial charge in [0.1, 0.15) is 12.1 Å². The van der Waals surface area contributed by atoms with E-state index < -0.39 is 0 Å². The van der Waals surface area contributed by atoms with Gasteiger partial charge in [0.15, 0.2) is 5.82 Å². The Labute approximate surface area is 117 Å². The first kappa shape index (κ1) is 14.0. The van der Waals surface area contributed by atoms with Crippen molar-refractivity contribution in [3.8, 4) is 0 Å². The number of nitrogens with zero attached hydrogens (tertiary/aromatic N) is 4. The summed E-state index contributed by atoms with van der Waals surface area (Å²) in [6.45, 7) is 4.08. The lowest BCUT2D eigenvalue weighted by atomic mass is 10.2. The van der Waals surface area contributed by atoms with Gasteiger partial charge in [0, 0.05) is 13.2 Å². The third-order valence-electron chi connectivity index (χ3n) is 2.77. The maximum Gasteiger partial charge on any atom is 0.339 e. The highest BCUT2D eigenvalue weighted by Crippen LogP contribution is 2.15. The lowest BCUT2D eigenvalue weighted by Crippen LogP contribution is -2.13. The molecule has 0 saturated heterocycles.